The van der Waals surface area contributed by atoms with E-state index in [-0.39, 0.29) is 0 Å². The van der Waals surface area contributed by atoms with Crippen LogP contribution in [-0.2, 0) is 13.3 Å². The van der Waals surface area contributed by atoms with Crippen molar-refractivity contribution in [1.82, 2.24) is 0 Å². The fourth-order valence-electron chi connectivity index (χ4n) is 2.04. The Hall–Kier alpha value is -1.25. The van der Waals surface area contributed by atoms with Gasteiger partial charge in [-0.3, -0.25) is 0 Å². The number of benzene rings is 2. The van der Waals surface area contributed by atoms with Crippen LogP contribution in [0.2, 0.25) is 0 Å². The van der Waals surface area contributed by atoms with E-state index in [0.717, 1.165) is 20.9 Å². The zero-order valence-corrected chi connectivity index (χ0v) is 15.5. The molecule has 0 bridgehead atoms. The minimum absolute atomic E-state index is 0.869. The summed E-state index contributed by atoms with van der Waals surface area (Å²) >= 11 is 0. The molecule has 5 heteroatoms. The third-order valence-corrected chi connectivity index (χ3v) is 6.22. The Labute approximate surface area is 125 Å². The van der Waals surface area contributed by atoms with E-state index in [4.69, 9.17) is 8.85 Å². The van der Waals surface area contributed by atoms with Crippen LogP contribution in [0, 0.1) is 0 Å². The summed E-state index contributed by atoms with van der Waals surface area (Å²) in [5, 5.41) is 2.24. The molecule has 0 aromatic heterocycles. The number of rotatable bonds is 4. The quantitative estimate of drug-likeness (QED) is 0.768. The molecule has 2 aromatic carbocycles. The molecular formula is C15H22O3Si2. The molecule has 0 saturated carbocycles. The van der Waals surface area contributed by atoms with E-state index in [2.05, 4.69) is 28.7 Å². The van der Waals surface area contributed by atoms with Gasteiger partial charge < -0.3 is 13.3 Å². The molecule has 0 atom stereocenters. The molecule has 0 spiro atoms. The molecule has 108 valence electrons. The Morgan fingerprint density at radius 2 is 1.00 bits per heavy atom. The molecule has 0 heterocycles. The Morgan fingerprint density at radius 1 is 0.700 bits per heavy atom. The summed E-state index contributed by atoms with van der Waals surface area (Å²) in [6.45, 7) is 0. The van der Waals surface area contributed by atoms with Gasteiger partial charge >= 0.3 is 8.56 Å². The van der Waals surface area contributed by atoms with Crippen molar-refractivity contribution in [3.8, 4) is 0 Å². The lowest BCUT2D eigenvalue weighted by molar-refractivity contribution is 0.272. The maximum atomic E-state index is 5.78. The van der Waals surface area contributed by atoms with Crippen LogP contribution in [0.15, 0.2) is 60.7 Å². The predicted octanol–water partition coefficient (Wildman–Crippen LogP) is 0.449. The van der Waals surface area contributed by atoms with Gasteiger partial charge in [0.1, 0.15) is 10.5 Å². The summed E-state index contributed by atoms with van der Waals surface area (Å²) in [6, 6.07) is 20.3. The van der Waals surface area contributed by atoms with Crippen LogP contribution in [0.5, 0.6) is 0 Å². The van der Waals surface area contributed by atoms with Crippen LogP contribution in [0.4, 0.5) is 0 Å². The highest BCUT2D eigenvalue weighted by atomic mass is 28.4. The Bertz CT molecular complexity index is 431. The molecule has 2 aromatic rings. The zero-order chi connectivity index (χ0) is 14.8. The van der Waals surface area contributed by atoms with Crippen molar-refractivity contribution in [3.05, 3.63) is 60.7 Å². The average molecular weight is 307 g/mol. The van der Waals surface area contributed by atoms with Crippen LogP contribution < -0.4 is 10.4 Å². The van der Waals surface area contributed by atoms with Gasteiger partial charge in [0.25, 0.3) is 0 Å². The molecule has 0 aliphatic rings. The summed E-state index contributed by atoms with van der Waals surface area (Å²) in [6.07, 6.45) is 0. The highest BCUT2D eigenvalue weighted by molar-refractivity contribution is 6.92. The number of hydrogen-bond acceptors (Lipinski definition) is 3. The van der Waals surface area contributed by atoms with Gasteiger partial charge in [-0.1, -0.05) is 60.7 Å². The first-order chi connectivity index (χ1) is 9.75. The molecule has 3 nitrogen and oxygen atoms in total. The largest absolute Gasteiger partial charge is 0.431 e. The average Bonchev–Trinajstić information content (AvgIpc) is 2.52. The van der Waals surface area contributed by atoms with E-state index in [1.54, 1.807) is 21.3 Å². The zero-order valence-electron chi connectivity index (χ0n) is 12.5. The molecule has 0 aliphatic carbocycles. The second-order valence-corrected chi connectivity index (χ2v) is 8.19. The lowest BCUT2D eigenvalue weighted by atomic mass is 10.4. The third kappa shape index (κ3) is 3.88. The molecule has 20 heavy (non-hydrogen) atoms. The topological polar surface area (TPSA) is 27.7 Å². The first-order valence-corrected chi connectivity index (χ1v) is 9.00. The van der Waals surface area contributed by atoms with Crippen LogP contribution in [-0.4, -0.2) is 40.4 Å². The van der Waals surface area contributed by atoms with E-state index in [9.17, 15) is 0 Å². The van der Waals surface area contributed by atoms with Crippen molar-refractivity contribution in [1.29, 1.82) is 0 Å². The predicted molar refractivity (Wildman–Crippen MR) is 88.9 cm³/mol. The minimum atomic E-state index is -2.50. The van der Waals surface area contributed by atoms with Gasteiger partial charge in [-0.25, -0.2) is 0 Å². The molecule has 0 unspecified atom stereocenters. The van der Waals surface area contributed by atoms with Crippen LogP contribution in [0.1, 0.15) is 0 Å². The van der Waals surface area contributed by atoms with Crippen LogP contribution in [0.25, 0.3) is 0 Å². The molecule has 2 rings (SSSR count). The van der Waals surface area contributed by atoms with Crippen molar-refractivity contribution in [2.75, 3.05) is 21.3 Å². The summed E-state index contributed by atoms with van der Waals surface area (Å²) in [4.78, 5) is 0. The van der Waals surface area contributed by atoms with E-state index in [1.165, 1.54) is 0 Å². The summed E-state index contributed by atoms with van der Waals surface area (Å²) < 4.78 is 15.9. The van der Waals surface area contributed by atoms with Crippen LogP contribution in [0.3, 0.4) is 0 Å². The summed E-state index contributed by atoms with van der Waals surface area (Å²) in [5.74, 6) is 0. The molecule has 0 radical (unpaired) electrons. The van der Waals surface area contributed by atoms with Crippen LogP contribution >= 0.6 is 0 Å². The molecule has 0 amide bonds. The smallest absolute Gasteiger partial charge is 0.406 e. The fourth-order valence-corrected chi connectivity index (χ4v) is 4.74. The minimum Gasteiger partial charge on any atom is -0.431 e. The van der Waals surface area contributed by atoms with Crippen molar-refractivity contribution >= 4 is 29.4 Å². The van der Waals surface area contributed by atoms with Crippen molar-refractivity contribution in [2.24, 2.45) is 0 Å². The van der Waals surface area contributed by atoms with Gasteiger partial charge in [0, 0.05) is 21.3 Å². The Balaban J connectivity index is 0.000000612. The van der Waals surface area contributed by atoms with Gasteiger partial charge in [-0.2, -0.15) is 0 Å². The van der Waals surface area contributed by atoms with Crippen molar-refractivity contribution in [3.63, 3.8) is 0 Å². The van der Waals surface area contributed by atoms with E-state index in [0.29, 0.717) is 0 Å². The highest BCUT2D eigenvalue weighted by Crippen LogP contribution is 2.07. The highest BCUT2D eigenvalue weighted by Gasteiger charge is 2.40. The van der Waals surface area contributed by atoms with Crippen molar-refractivity contribution < 1.29 is 13.3 Å². The van der Waals surface area contributed by atoms with E-state index in [1.807, 2.05) is 36.4 Å². The molecule has 0 N–H and O–H groups in total. The Kier molecular flexibility index (Phi) is 7.42. The first kappa shape index (κ1) is 16.8. The molecule has 0 fully saturated rings. The lowest BCUT2D eigenvalue weighted by Crippen LogP contribution is -2.62. The van der Waals surface area contributed by atoms with Gasteiger partial charge in [0.05, 0.1) is 0 Å². The summed E-state index contributed by atoms with van der Waals surface area (Å²) in [7, 11) is 3.50. The van der Waals surface area contributed by atoms with Gasteiger partial charge in [-0.15, -0.1) is 0 Å². The Morgan fingerprint density at radius 3 is 1.25 bits per heavy atom. The maximum Gasteiger partial charge on any atom is 0.406 e. The maximum absolute atomic E-state index is 5.78. The monoisotopic (exact) mass is 306 g/mol. The third-order valence-electron chi connectivity index (χ3n) is 2.88. The van der Waals surface area contributed by atoms with Gasteiger partial charge in [0.2, 0.25) is 0 Å². The first-order valence-electron chi connectivity index (χ1n) is 6.36. The lowest BCUT2D eigenvalue weighted by Gasteiger charge is -2.27. The second kappa shape index (κ2) is 8.83. The van der Waals surface area contributed by atoms with Crippen molar-refractivity contribution in [2.45, 2.75) is 0 Å². The molecule has 0 saturated heterocycles. The normalized spacial score (nSPS) is 10.8. The standard InChI is InChI=1S/C14H16O2Si.CH6OSi/c1-15-17(16-2,13-9-5-3-6-10-13)14-11-7-4-8-12-14;1-2-3/h3-12H,1-2H3;1,3H3. The number of hydrogen-bond donors (Lipinski definition) is 0. The fraction of sp³-hybridized carbons (Fsp3) is 0.200. The van der Waals surface area contributed by atoms with Gasteiger partial charge in [-0.05, 0) is 10.4 Å². The van der Waals surface area contributed by atoms with Gasteiger partial charge in [0.15, 0.2) is 0 Å². The SMILES string of the molecule is CO[SiH3].CO[Si](OC)(c1ccccc1)c1ccccc1. The molecule has 0 aliphatic heterocycles. The summed E-state index contributed by atoms with van der Waals surface area (Å²) in [5.41, 5.74) is 0. The second-order valence-electron chi connectivity index (χ2n) is 4.17. The van der Waals surface area contributed by atoms with E-state index < -0.39 is 8.56 Å². The molecular weight excluding hydrogens is 284 g/mol. The van der Waals surface area contributed by atoms with E-state index >= 15 is 0 Å².